The fraction of sp³-hybridized carbons (Fsp3) is 0.520. The number of hydrogen-bond donors (Lipinski definition) is 1. The van der Waals surface area contributed by atoms with Crippen LogP contribution in [0.25, 0.3) is 10.9 Å². The van der Waals surface area contributed by atoms with Crippen LogP contribution in [0.15, 0.2) is 40.8 Å². The summed E-state index contributed by atoms with van der Waals surface area (Å²) in [6, 6.07) is 5.97. The normalized spacial score (nSPS) is 30.5. The zero-order valence-corrected chi connectivity index (χ0v) is 18.4. The lowest BCUT2D eigenvalue weighted by molar-refractivity contribution is 0.00143. The van der Waals surface area contributed by atoms with E-state index < -0.39 is 0 Å². The van der Waals surface area contributed by atoms with Gasteiger partial charge in [-0.2, -0.15) is 0 Å². The Balaban J connectivity index is 1.36. The van der Waals surface area contributed by atoms with Crippen LogP contribution in [0.3, 0.4) is 0 Å². The van der Waals surface area contributed by atoms with Gasteiger partial charge in [0.1, 0.15) is 5.56 Å². The van der Waals surface area contributed by atoms with Gasteiger partial charge in [0.05, 0.1) is 11.6 Å². The molecule has 3 fully saturated rings. The Bertz CT molecular complexity index is 1140. The fourth-order valence-corrected chi connectivity index (χ4v) is 6.88. The van der Waals surface area contributed by atoms with Crippen LogP contribution < -0.4 is 5.43 Å². The molecule has 4 atom stereocenters. The second-order valence-corrected chi connectivity index (χ2v) is 10.2. The van der Waals surface area contributed by atoms with E-state index in [1.807, 2.05) is 4.90 Å². The third-order valence-corrected chi connectivity index (χ3v) is 8.23. The first-order valence-electron chi connectivity index (χ1n) is 11.7. The number of nitrogens with zero attached hydrogens (tertiary/aromatic N) is 2. The molecule has 3 aliphatic heterocycles. The van der Waals surface area contributed by atoms with Gasteiger partial charge < -0.3 is 9.88 Å². The Morgan fingerprint density at radius 2 is 2.06 bits per heavy atom. The maximum absolute atomic E-state index is 13.7. The minimum atomic E-state index is -0.208. The van der Waals surface area contributed by atoms with Gasteiger partial charge >= 0.3 is 0 Å². The van der Waals surface area contributed by atoms with Gasteiger partial charge in [0.25, 0.3) is 5.91 Å². The van der Waals surface area contributed by atoms with Crippen LogP contribution in [0.5, 0.6) is 0 Å². The summed E-state index contributed by atoms with van der Waals surface area (Å²) in [5.74, 6) is 0.976. The van der Waals surface area contributed by atoms with Gasteiger partial charge in [0, 0.05) is 35.7 Å². The quantitative estimate of drug-likeness (QED) is 0.679. The summed E-state index contributed by atoms with van der Waals surface area (Å²) in [7, 11) is 0. The minimum absolute atomic E-state index is 0.132. The molecule has 0 spiro atoms. The molecule has 6 rings (SSSR count). The maximum Gasteiger partial charge on any atom is 0.259 e. The Hall–Kier alpha value is -2.11. The van der Waals surface area contributed by atoms with Crippen molar-refractivity contribution in [2.75, 3.05) is 19.6 Å². The molecule has 1 amide bonds. The van der Waals surface area contributed by atoms with Gasteiger partial charge in [-0.25, -0.2) is 0 Å². The number of halogens is 1. The molecular formula is C25H28ClN3O2. The van der Waals surface area contributed by atoms with Crippen LogP contribution in [0, 0.1) is 11.8 Å². The molecule has 0 unspecified atom stereocenters. The van der Waals surface area contributed by atoms with Crippen molar-refractivity contribution in [3.05, 3.63) is 56.9 Å². The van der Waals surface area contributed by atoms with Crippen molar-refractivity contribution < 1.29 is 4.79 Å². The van der Waals surface area contributed by atoms with Crippen molar-refractivity contribution in [1.82, 2.24) is 14.8 Å². The molecule has 0 radical (unpaired) electrons. The third kappa shape index (κ3) is 3.16. The summed E-state index contributed by atoms with van der Waals surface area (Å²) in [5.41, 5.74) is 2.14. The molecule has 1 aromatic carbocycles. The smallest absolute Gasteiger partial charge is 0.259 e. The molecule has 6 heteroatoms. The van der Waals surface area contributed by atoms with Crippen molar-refractivity contribution in [3.8, 4) is 0 Å². The van der Waals surface area contributed by atoms with Crippen LogP contribution in [-0.4, -0.2) is 52.4 Å². The molecule has 4 heterocycles. The van der Waals surface area contributed by atoms with Crippen LogP contribution in [0.1, 0.15) is 48.9 Å². The van der Waals surface area contributed by atoms with Crippen molar-refractivity contribution in [1.29, 1.82) is 0 Å². The van der Waals surface area contributed by atoms with Gasteiger partial charge in [-0.15, -0.1) is 0 Å². The molecule has 1 aromatic heterocycles. The lowest BCUT2D eigenvalue weighted by Crippen LogP contribution is -2.60. The van der Waals surface area contributed by atoms with E-state index in [0.29, 0.717) is 33.8 Å². The molecule has 3 saturated heterocycles. The number of rotatable bonds is 1. The van der Waals surface area contributed by atoms with E-state index in [1.54, 1.807) is 24.4 Å². The molecule has 1 aliphatic carbocycles. The molecule has 2 bridgehead atoms. The summed E-state index contributed by atoms with van der Waals surface area (Å²) in [6.45, 7) is 3.00. The van der Waals surface area contributed by atoms with Gasteiger partial charge in [-0.1, -0.05) is 29.7 Å². The number of piperidine rings is 3. The average molecular weight is 438 g/mol. The fourth-order valence-electron chi connectivity index (χ4n) is 6.71. The number of likely N-dealkylation sites (tertiary alicyclic amines) is 1. The van der Waals surface area contributed by atoms with E-state index in [9.17, 15) is 9.59 Å². The highest BCUT2D eigenvalue weighted by molar-refractivity contribution is 6.31. The third-order valence-electron chi connectivity index (χ3n) is 7.99. The number of carbonyl (C=O) groups is 1. The van der Waals surface area contributed by atoms with Crippen LogP contribution >= 0.6 is 11.6 Å². The molecule has 0 saturated carbocycles. The number of fused-ring (bicyclic) bond motifs is 7. The van der Waals surface area contributed by atoms with Crippen molar-refractivity contribution in [2.24, 2.45) is 11.8 Å². The zero-order chi connectivity index (χ0) is 21.1. The lowest BCUT2D eigenvalue weighted by atomic mass is 9.68. The Morgan fingerprint density at radius 3 is 2.97 bits per heavy atom. The van der Waals surface area contributed by atoms with E-state index in [4.69, 9.17) is 11.6 Å². The molecule has 2 aromatic rings. The number of benzene rings is 1. The highest BCUT2D eigenvalue weighted by atomic mass is 35.5. The standard InChI is InChI=1S/C25H28ClN3O2/c26-18-6-7-19-21(12-18)27-13-20(24(19)30)25(31)29-9-3-4-15-10-16-11-17(23(15)29)14-28-8-2-1-5-22(16)28/h6-7,10,12-13,16-17,22-23H,1-5,8-9,11,14H2,(H,27,30)/t16-,17+,22+,23+/m0/s1. The second-order valence-electron chi connectivity index (χ2n) is 9.73. The summed E-state index contributed by atoms with van der Waals surface area (Å²) in [4.78, 5) is 34.6. The number of hydrogen-bond acceptors (Lipinski definition) is 3. The number of amides is 1. The van der Waals surface area contributed by atoms with E-state index >= 15 is 0 Å². The number of aromatic amines is 1. The van der Waals surface area contributed by atoms with E-state index in [1.165, 1.54) is 37.8 Å². The van der Waals surface area contributed by atoms with Gasteiger partial charge in [0.15, 0.2) is 0 Å². The Labute approximate surface area is 187 Å². The monoisotopic (exact) mass is 437 g/mol. The summed E-state index contributed by atoms with van der Waals surface area (Å²) < 4.78 is 0. The molecular weight excluding hydrogens is 410 g/mol. The van der Waals surface area contributed by atoms with E-state index in [-0.39, 0.29) is 22.9 Å². The van der Waals surface area contributed by atoms with Crippen molar-refractivity contribution in [2.45, 2.75) is 50.6 Å². The lowest BCUT2D eigenvalue weighted by Gasteiger charge is -2.54. The van der Waals surface area contributed by atoms with Gasteiger partial charge in [-0.05, 0) is 68.7 Å². The Morgan fingerprint density at radius 1 is 1.16 bits per heavy atom. The molecule has 31 heavy (non-hydrogen) atoms. The minimum Gasteiger partial charge on any atom is -0.360 e. The van der Waals surface area contributed by atoms with Crippen LogP contribution in [-0.2, 0) is 0 Å². The molecule has 162 valence electrons. The summed E-state index contributed by atoms with van der Waals surface area (Å²) in [5, 5.41) is 1.08. The molecule has 4 aliphatic rings. The van der Waals surface area contributed by atoms with Crippen LogP contribution in [0.4, 0.5) is 0 Å². The summed E-state index contributed by atoms with van der Waals surface area (Å²) >= 11 is 6.06. The topological polar surface area (TPSA) is 56.4 Å². The summed E-state index contributed by atoms with van der Waals surface area (Å²) in [6.07, 6.45) is 11.3. The van der Waals surface area contributed by atoms with E-state index in [0.717, 1.165) is 25.9 Å². The first-order valence-corrected chi connectivity index (χ1v) is 12.0. The number of aromatic nitrogens is 1. The molecule has 5 nitrogen and oxygen atoms in total. The average Bonchev–Trinajstić information content (AvgIpc) is 2.78. The zero-order valence-electron chi connectivity index (χ0n) is 17.6. The number of pyridine rings is 1. The highest BCUT2D eigenvalue weighted by Gasteiger charge is 2.47. The number of nitrogens with one attached hydrogen (secondary N) is 1. The second kappa shape index (κ2) is 7.49. The van der Waals surface area contributed by atoms with Crippen molar-refractivity contribution in [3.63, 3.8) is 0 Å². The molecule has 1 N–H and O–H groups in total. The predicted molar refractivity (Wildman–Crippen MR) is 123 cm³/mol. The predicted octanol–water partition coefficient (Wildman–Crippen LogP) is 4.22. The van der Waals surface area contributed by atoms with Gasteiger partial charge in [-0.3, -0.25) is 14.5 Å². The SMILES string of the molecule is O=C(c1c[nH]c2cc(Cl)ccc2c1=O)N1CCCC2=C[C@H]3C[C@H](CN4CCCC[C@H]34)[C@@H]21. The highest BCUT2D eigenvalue weighted by Crippen LogP contribution is 2.45. The maximum atomic E-state index is 13.7. The van der Waals surface area contributed by atoms with E-state index in [2.05, 4.69) is 16.0 Å². The van der Waals surface area contributed by atoms with Crippen LogP contribution in [0.2, 0.25) is 5.02 Å². The van der Waals surface area contributed by atoms with Crippen molar-refractivity contribution >= 4 is 28.4 Å². The first kappa shape index (κ1) is 19.6. The van der Waals surface area contributed by atoms with Gasteiger partial charge in [0.2, 0.25) is 5.43 Å². The number of carbonyl (C=O) groups excluding carboxylic acids is 1. The first-order chi connectivity index (χ1) is 15.1. The Kier molecular flexibility index (Phi) is 4.73. The number of H-pyrrole nitrogens is 1. The largest absolute Gasteiger partial charge is 0.360 e.